The highest BCUT2D eigenvalue weighted by molar-refractivity contribution is 9.10. The number of benzene rings is 1. The molecular weight excluding hydrogens is 526 g/mol. The van der Waals surface area contributed by atoms with E-state index in [4.69, 9.17) is 23.2 Å². The van der Waals surface area contributed by atoms with Gasteiger partial charge >= 0.3 is 6.18 Å². The van der Waals surface area contributed by atoms with Crippen molar-refractivity contribution in [2.45, 2.75) is 6.18 Å². The molecule has 2 N–H and O–H groups in total. The highest BCUT2D eigenvalue weighted by Gasteiger charge is 2.33. The number of anilines is 1. The number of carbonyl (C=O) groups is 2. The molecule has 3 aromatic rings. The van der Waals surface area contributed by atoms with Gasteiger partial charge in [-0.25, -0.2) is 9.67 Å². The van der Waals surface area contributed by atoms with Gasteiger partial charge in [-0.2, -0.15) is 18.3 Å². The summed E-state index contributed by atoms with van der Waals surface area (Å²) in [6.07, 6.45) is -3.21. The van der Waals surface area contributed by atoms with Gasteiger partial charge in [0.15, 0.2) is 5.82 Å². The largest absolute Gasteiger partial charge is 0.417 e. The minimum atomic E-state index is -4.68. The Balaban J connectivity index is 1.70. The van der Waals surface area contributed by atoms with Crippen LogP contribution in [0.3, 0.4) is 0 Å². The minimum absolute atomic E-state index is 0.0334. The van der Waals surface area contributed by atoms with Gasteiger partial charge in [-0.15, -0.1) is 0 Å². The Morgan fingerprint density at radius 2 is 1.87 bits per heavy atom. The molecule has 0 spiro atoms. The second-order valence-corrected chi connectivity index (χ2v) is 7.62. The third kappa shape index (κ3) is 5.54. The summed E-state index contributed by atoms with van der Waals surface area (Å²) in [5.74, 6) is -1.22. The van der Waals surface area contributed by atoms with Crippen LogP contribution in [-0.2, 0) is 11.0 Å². The Bertz CT molecular complexity index is 1150. The van der Waals surface area contributed by atoms with Crippen molar-refractivity contribution >= 4 is 56.6 Å². The second kappa shape index (κ2) is 9.25. The topological polar surface area (TPSA) is 88.9 Å². The van der Waals surface area contributed by atoms with Gasteiger partial charge in [0, 0.05) is 18.0 Å². The van der Waals surface area contributed by atoms with Crippen LogP contribution < -0.4 is 10.6 Å². The van der Waals surface area contributed by atoms with Crippen LogP contribution >= 0.6 is 39.1 Å². The molecule has 0 aliphatic heterocycles. The molecule has 0 saturated carbocycles. The van der Waals surface area contributed by atoms with E-state index < -0.39 is 35.1 Å². The first-order valence-corrected chi connectivity index (χ1v) is 9.92. The van der Waals surface area contributed by atoms with Crippen molar-refractivity contribution in [1.29, 1.82) is 0 Å². The molecule has 0 unspecified atom stereocenters. The van der Waals surface area contributed by atoms with E-state index in [0.717, 1.165) is 6.07 Å². The smallest absolute Gasteiger partial charge is 0.342 e. The molecule has 2 heterocycles. The number of hydrogen-bond acceptors (Lipinski definition) is 4. The van der Waals surface area contributed by atoms with Gasteiger partial charge in [-0.1, -0.05) is 23.2 Å². The van der Waals surface area contributed by atoms with Gasteiger partial charge < -0.3 is 10.6 Å². The second-order valence-electron chi connectivity index (χ2n) is 6.00. The molecule has 162 valence electrons. The van der Waals surface area contributed by atoms with Gasteiger partial charge in [0.2, 0.25) is 5.91 Å². The first kappa shape index (κ1) is 23.0. The van der Waals surface area contributed by atoms with Crippen LogP contribution in [0.5, 0.6) is 0 Å². The van der Waals surface area contributed by atoms with Gasteiger partial charge in [0.1, 0.15) is 10.3 Å². The molecule has 2 aromatic heterocycles. The Kier molecular flexibility index (Phi) is 6.87. The molecule has 0 bridgehead atoms. The Morgan fingerprint density at radius 3 is 2.55 bits per heavy atom. The number of nitrogens with zero attached hydrogens (tertiary/aromatic N) is 3. The number of amides is 2. The van der Waals surface area contributed by atoms with E-state index in [2.05, 4.69) is 36.6 Å². The average Bonchev–Trinajstić information content (AvgIpc) is 3.08. The van der Waals surface area contributed by atoms with Crippen molar-refractivity contribution in [2.24, 2.45) is 0 Å². The lowest BCUT2D eigenvalue weighted by Gasteiger charge is -2.12. The van der Waals surface area contributed by atoms with Crippen LogP contribution in [0.4, 0.5) is 18.9 Å². The summed E-state index contributed by atoms with van der Waals surface area (Å²) < 4.78 is 40.3. The van der Waals surface area contributed by atoms with Crippen LogP contribution in [0.15, 0.2) is 47.2 Å². The van der Waals surface area contributed by atoms with Gasteiger partial charge in [0.25, 0.3) is 5.91 Å². The molecular formula is C18H11BrCl2F3N5O2. The molecule has 0 aliphatic rings. The quantitative estimate of drug-likeness (QED) is 0.493. The fraction of sp³-hybridized carbons (Fsp3) is 0.111. The van der Waals surface area contributed by atoms with E-state index in [0.29, 0.717) is 10.7 Å². The zero-order chi connectivity index (χ0) is 22.8. The summed E-state index contributed by atoms with van der Waals surface area (Å²) in [4.78, 5) is 28.7. The number of halogens is 6. The fourth-order valence-corrected chi connectivity index (χ4v) is 3.29. The molecule has 13 heteroatoms. The summed E-state index contributed by atoms with van der Waals surface area (Å²) in [5.41, 5.74) is -1.17. The van der Waals surface area contributed by atoms with Crippen molar-refractivity contribution in [3.8, 4) is 5.82 Å². The van der Waals surface area contributed by atoms with E-state index >= 15 is 0 Å². The molecule has 2 amide bonds. The predicted molar refractivity (Wildman–Crippen MR) is 111 cm³/mol. The first-order valence-electron chi connectivity index (χ1n) is 8.37. The maximum Gasteiger partial charge on any atom is 0.417 e. The lowest BCUT2D eigenvalue weighted by molar-refractivity contribution is -0.137. The molecule has 0 radical (unpaired) electrons. The maximum atomic E-state index is 12.9. The van der Waals surface area contributed by atoms with E-state index in [1.807, 2.05) is 0 Å². The third-order valence-corrected chi connectivity index (χ3v) is 4.83. The summed E-state index contributed by atoms with van der Waals surface area (Å²) in [5, 5.41) is 8.49. The molecule has 0 fully saturated rings. The molecule has 31 heavy (non-hydrogen) atoms. The van der Waals surface area contributed by atoms with Crippen molar-refractivity contribution in [2.75, 3.05) is 11.9 Å². The van der Waals surface area contributed by atoms with Gasteiger partial charge in [0.05, 0.1) is 22.2 Å². The summed E-state index contributed by atoms with van der Waals surface area (Å²) in [6, 6.07) is 7.51. The van der Waals surface area contributed by atoms with Crippen LogP contribution in [0, 0.1) is 0 Å². The summed E-state index contributed by atoms with van der Waals surface area (Å²) in [6.45, 7) is -0.512. The van der Waals surface area contributed by atoms with E-state index in [-0.39, 0.29) is 22.2 Å². The lowest BCUT2D eigenvalue weighted by Crippen LogP contribution is -2.34. The molecule has 3 rings (SSSR count). The van der Waals surface area contributed by atoms with E-state index in [1.165, 1.54) is 23.0 Å². The number of aromatic nitrogens is 3. The number of nitrogens with one attached hydrogen (secondary N) is 2. The molecule has 0 saturated heterocycles. The standard InChI is InChI=1S/C18H11BrCl2F3N5O2/c19-14-7-13(29(28-14)16-12(21)2-1-5-25-16)17(31)26-8-15(30)27-9-3-4-11(20)10(6-9)18(22,23)24/h1-7H,8H2,(H,26,31)(H,27,30). The van der Waals surface area contributed by atoms with Crippen molar-refractivity contribution in [3.63, 3.8) is 0 Å². The van der Waals surface area contributed by atoms with Crippen LogP contribution in [-0.4, -0.2) is 33.1 Å². The van der Waals surface area contributed by atoms with Crippen LogP contribution in [0.1, 0.15) is 16.1 Å². The molecule has 0 aliphatic carbocycles. The molecule has 7 nitrogen and oxygen atoms in total. The van der Waals surface area contributed by atoms with Gasteiger partial charge in [-0.3, -0.25) is 9.59 Å². The first-order chi connectivity index (χ1) is 14.6. The predicted octanol–water partition coefficient (Wildman–Crippen LogP) is 4.72. The monoisotopic (exact) mass is 535 g/mol. The molecule has 1 aromatic carbocycles. The van der Waals surface area contributed by atoms with E-state index in [9.17, 15) is 22.8 Å². The normalized spacial score (nSPS) is 11.3. The Morgan fingerprint density at radius 1 is 1.13 bits per heavy atom. The number of rotatable bonds is 5. The van der Waals surface area contributed by atoms with Crippen molar-refractivity contribution < 1.29 is 22.8 Å². The number of pyridine rings is 1. The van der Waals surface area contributed by atoms with Gasteiger partial charge in [-0.05, 0) is 46.3 Å². The number of carbonyl (C=O) groups excluding carboxylic acids is 2. The highest BCUT2D eigenvalue weighted by Crippen LogP contribution is 2.36. The Labute approximate surface area is 191 Å². The summed E-state index contributed by atoms with van der Waals surface area (Å²) >= 11 is 14.8. The highest BCUT2D eigenvalue weighted by atomic mass is 79.9. The SMILES string of the molecule is O=C(CNC(=O)c1cc(Br)nn1-c1ncccc1Cl)Nc1ccc(Cl)c(C(F)(F)F)c1. The average molecular weight is 537 g/mol. The minimum Gasteiger partial charge on any atom is -0.342 e. The van der Waals surface area contributed by atoms with Crippen molar-refractivity contribution in [3.05, 3.63) is 68.5 Å². The van der Waals surface area contributed by atoms with Crippen LogP contribution in [0.2, 0.25) is 10.0 Å². The number of hydrogen-bond donors (Lipinski definition) is 2. The van der Waals surface area contributed by atoms with Crippen molar-refractivity contribution in [1.82, 2.24) is 20.1 Å². The fourth-order valence-electron chi connectivity index (χ4n) is 2.49. The third-order valence-electron chi connectivity index (χ3n) is 3.82. The zero-order valence-corrected chi connectivity index (χ0v) is 18.3. The zero-order valence-electron chi connectivity index (χ0n) is 15.2. The number of alkyl halides is 3. The van der Waals surface area contributed by atoms with E-state index in [1.54, 1.807) is 12.1 Å². The Hall–Kier alpha value is -2.63. The maximum absolute atomic E-state index is 12.9. The van der Waals surface area contributed by atoms with Crippen LogP contribution in [0.25, 0.3) is 5.82 Å². The lowest BCUT2D eigenvalue weighted by atomic mass is 10.2. The summed E-state index contributed by atoms with van der Waals surface area (Å²) in [7, 11) is 0. The molecule has 0 atom stereocenters.